The number of nitrogens with zero attached hydrogens (tertiary/aromatic N) is 3. The number of aryl methyl sites for hydroxylation is 4. The molecule has 5 rings (SSSR count). The minimum Gasteiger partial charge on any atom is -0.313 e. The lowest BCUT2D eigenvalue weighted by molar-refractivity contribution is 0.0888. The first-order valence-corrected chi connectivity index (χ1v) is 13.0. The molecule has 3 heterocycles. The van der Waals surface area contributed by atoms with Crippen molar-refractivity contribution >= 4 is 6.03 Å². The molecule has 1 spiro atoms. The Morgan fingerprint density at radius 3 is 2.29 bits per heavy atom. The van der Waals surface area contributed by atoms with Gasteiger partial charge in [0.15, 0.2) is 0 Å². The second-order valence-corrected chi connectivity index (χ2v) is 11.0. The Labute approximate surface area is 209 Å². The zero-order chi connectivity index (χ0) is 25.1. The first kappa shape index (κ1) is 24.1. The summed E-state index contributed by atoms with van der Waals surface area (Å²) in [5.41, 5.74) is 8.79. The molecule has 1 atom stereocenters. The highest BCUT2D eigenvalue weighted by atomic mass is 19.1. The van der Waals surface area contributed by atoms with Crippen LogP contribution in [-0.2, 0) is 13.1 Å². The fourth-order valence-corrected chi connectivity index (χ4v) is 6.99. The van der Waals surface area contributed by atoms with Crippen LogP contribution in [0.3, 0.4) is 0 Å². The van der Waals surface area contributed by atoms with Gasteiger partial charge in [-0.25, -0.2) is 9.18 Å². The van der Waals surface area contributed by atoms with Crippen molar-refractivity contribution in [3.8, 4) is 0 Å². The Kier molecular flexibility index (Phi) is 6.03. The average molecular weight is 476 g/mol. The van der Waals surface area contributed by atoms with Crippen LogP contribution in [0.5, 0.6) is 0 Å². The summed E-state index contributed by atoms with van der Waals surface area (Å²) in [5, 5.41) is 0. The van der Waals surface area contributed by atoms with Crippen LogP contribution in [0.2, 0.25) is 0 Å². The van der Waals surface area contributed by atoms with Gasteiger partial charge in [0.25, 0.3) is 0 Å². The molecule has 5 heteroatoms. The molecule has 0 aromatic heterocycles. The van der Waals surface area contributed by atoms with Crippen molar-refractivity contribution in [2.75, 3.05) is 19.6 Å². The van der Waals surface area contributed by atoms with Gasteiger partial charge in [-0.1, -0.05) is 42.8 Å². The van der Waals surface area contributed by atoms with Crippen LogP contribution in [0, 0.1) is 33.5 Å². The molecule has 0 bridgehead atoms. The van der Waals surface area contributed by atoms with E-state index in [4.69, 9.17) is 0 Å². The van der Waals surface area contributed by atoms with Crippen LogP contribution >= 0.6 is 0 Å². The van der Waals surface area contributed by atoms with E-state index in [2.05, 4.69) is 60.6 Å². The molecule has 2 fully saturated rings. The van der Waals surface area contributed by atoms with Crippen molar-refractivity contribution in [1.29, 1.82) is 0 Å². The summed E-state index contributed by atoms with van der Waals surface area (Å²) < 4.78 is 14.1. The molecule has 3 aliphatic rings. The molecule has 0 radical (unpaired) electrons. The van der Waals surface area contributed by atoms with Crippen LogP contribution in [-0.4, -0.2) is 45.9 Å². The van der Waals surface area contributed by atoms with Crippen molar-refractivity contribution in [2.24, 2.45) is 0 Å². The van der Waals surface area contributed by atoms with Gasteiger partial charge in [-0.05, 0) is 80.8 Å². The molecule has 2 aromatic carbocycles. The van der Waals surface area contributed by atoms with Gasteiger partial charge in [0, 0.05) is 37.8 Å². The summed E-state index contributed by atoms with van der Waals surface area (Å²) in [7, 11) is 0. The molecule has 0 saturated carbocycles. The third-order valence-corrected chi connectivity index (χ3v) is 8.46. The van der Waals surface area contributed by atoms with Gasteiger partial charge in [0.05, 0.1) is 12.1 Å². The van der Waals surface area contributed by atoms with Crippen molar-refractivity contribution in [3.05, 3.63) is 80.8 Å². The van der Waals surface area contributed by atoms with Gasteiger partial charge >= 0.3 is 6.03 Å². The number of amides is 2. The van der Waals surface area contributed by atoms with Crippen molar-refractivity contribution in [1.82, 2.24) is 14.7 Å². The molecular formula is C30H38FN3O. The third-order valence-electron chi connectivity index (χ3n) is 8.46. The largest absolute Gasteiger partial charge is 0.325 e. The summed E-state index contributed by atoms with van der Waals surface area (Å²) in [6, 6.07) is 8.62. The Hall–Kier alpha value is -2.66. The maximum absolute atomic E-state index is 14.1. The number of piperidine rings is 1. The smallest absolute Gasteiger partial charge is 0.313 e. The maximum Gasteiger partial charge on any atom is 0.325 e. The molecule has 0 aliphatic carbocycles. The van der Waals surface area contributed by atoms with E-state index in [1.165, 1.54) is 28.0 Å². The number of carbonyl (C=O) groups excluding carboxylic acids is 1. The molecule has 35 heavy (non-hydrogen) atoms. The van der Waals surface area contributed by atoms with E-state index in [0.29, 0.717) is 17.7 Å². The molecule has 0 N–H and O–H groups in total. The normalized spacial score (nSPS) is 21.7. The SMILES string of the molecule is CCN1C(=O)N2Cc3cc(C)cc(C)c3[C@H](C)C=C2C12CCN(Cc1cc(C)c(F)c(C)c1)CC2. The highest BCUT2D eigenvalue weighted by molar-refractivity contribution is 5.83. The fourth-order valence-electron chi connectivity index (χ4n) is 6.99. The van der Waals surface area contributed by atoms with E-state index in [1.54, 1.807) is 0 Å². The predicted molar refractivity (Wildman–Crippen MR) is 139 cm³/mol. The minimum atomic E-state index is -0.240. The molecular weight excluding hydrogens is 437 g/mol. The number of hydrogen-bond acceptors (Lipinski definition) is 2. The zero-order valence-corrected chi connectivity index (χ0v) is 22.0. The number of likely N-dealkylation sites (tertiary alicyclic amines) is 1. The van der Waals surface area contributed by atoms with E-state index in [-0.39, 0.29) is 23.3 Å². The number of halogens is 1. The number of urea groups is 1. The first-order valence-electron chi connectivity index (χ1n) is 13.0. The standard InChI is InChI=1S/C30H38FN3O/c1-7-34-29(35)33-18-25-13-19(2)12-20(3)27(25)21(4)16-26(33)30(34)8-10-32(11-9-30)17-24-14-22(5)28(31)23(6)15-24/h12-16,21H,7-11,17-18H2,1-6H3/t21-/m1/s1. The van der Waals surface area contributed by atoms with Gasteiger partial charge < -0.3 is 4.90 Å². The Bertz CT molecular complexity index is 1190. The van der Waals surface area contributed by atoms with Gasteiger partial charge in [-0.2, -0.15) is 0 Å². The van der Waals surface area contributed by atoms with Gasteiger partial charge in [-0.15, -0.1) is 0 Å². The molecule has 0 unspecified atom stereocenters. The summed E-state index contributed by atoms with van der Waals surface area (Å²) in [6.07, 6.45) is 4.23. The van der Waals surface area contributed by atoms with Crippen LogP contribution in [0.1, 0.15) is 71.6 Å². The molecule has 2 saturated heterocycles. The van der Waals surface area contributed by atoms with Crippen molar-refractivity contribution in [2.45, 2.75) is 78.9 Å². The van der Waals surface area contributed by atoms with E-state index in [0.717, 1.165) is 44.6 Å². The summed E-state index contributed by atoms with van der Waals surface area (Å²) in [6.45, 7) is 16.4. The number of fused-ring (bicyclic) bond motifs is 3. The highest BCUT2D eigenvalue weighted by Crippen LogP contribution is 2.47. The quantitative estimate of drug-likeness (QED) is 0.517. The Morgan fingerprint density at radius 2 is 1.66 bits per heavy atom. The third kappa shape index (κ3) is 3.88. The van der Waals surface area contributed by atoms with E-state index in [1.807, 2.05) is 26.0 Å². The summed E-state index contributed by atoms with van der Waals surface area (Å²) in [4.78, 5) is 20.4. The molecule has 2 aromatic rings. The van der Waals surface area contributed by atoms with Crippen LogP contribution < -0.4 is 0 Å². The predicted octanol–water partition coefficient (Wildman–Crippen LogP) is 6.35. The lowest BCUT2D eigenvalue weighted by Gasteiger charge is -2.44. The number of carbonyl (C=O) groups is 1. The second kappa shape index (κ2) is 8.77. The molecule has 186 valence electrons. The van der Waals surface area contributed by atoms with Gasteiger partial charge in [-0.3, -0.25) is 9.80 Å². The highest BCUT2D eigenvalue weighted by Gasteiger charge is 2.54. The topological polar surface area (TPSA) is 26.8 Å². The van der Waals surface area contributed by atoms with Crippen LogP contribution in [0.15, 0.2) is 36.0 Å². The number of likely N-dealkylation sites (N-methyl/N-ethyl adjacent to an activating group) is 1. The van der Waals surface area contributed by atoms with E-state index < -0.39 is 0 Å². The van der Waals surface area contributed by atoms with E-state index in [9.17, 15) is 9.18 Å². The second-order valence-electron chi connectivity index (χ2n) is 11.0. The maximum atomic E-state index is 14.1. The lowest BCUT2D eigenvalue weighted by Crippen LogP contribution is -2.53. The minimum absolute atomic E-state index is 0.102. The molecule has 2 amide bonds. The van der Waals surface area contributed by atoms with E-state index >= 15 is 0 Å². The number of allylic oxidation sites excluding steroid dienone is 1. The van der Waals surface area contributed by atoms with Gasteiger partial charge in [0.1, 0.15) is 5.82 Å². The van der Waals surface area contributed by atoms with Crippen molar-refractivity contribution in [3.63, 3.8) is 0 Å². The summed E-state index contributed by atoms with van der Waals surface area (Å²) >= 11 is 0. The van der Waals surface area contributed by atoms with Gasteiger partial charge in [0.2, 0.25) is 0 Å². The molecule has 4 nitrogen and oxygen atoms in total. The monoisotopic (exact) mass is 475 g/mol. The zero-order valence-electron chi connectivity index (χ0n) is 22.0. The number of hydrogen-bond donors (Lipinski definition) is 0. The lowest BCUT2D eigenvalue weighted by atomic mass is 9.81. The summed E-state index contributed by atoms with van der Waals surface area (Å²) in [5.74, 6) is 0.172. The number of rotatable bonds is 3. The van der Waals surface area contributed by atoms with Crippen LogP contribution in [0.25, 0.3) is 0 Å². The van der Waals surface area contributed by atoms with Crippen molar-refractivity contribution < 1.29 is 9.18 Å². The Balaban J connectivity index is 1.43. The first-order chi connectivity index (χ1) is 16.6. The fraction of sp³-hybridized carbons (Fsp3) is 0.500. The number of benzene rings is 2. The van der Waals surface area contributed by atoms with Crippen LogP contribution in [0.4, 0.5) is 9.18 Å². The molecule has 3 aliphatic heterocycles. The average Bonchev–Trinajstić information content (AvgIpc) is 2.90. The Morgan fingerprint density at radius 1 is 1.00 bits per heavy atom.